The first-order chi connectivity index (χ1) is 8.74. The van der Waals surface area contributed by atoms with Crippen LogP contribution >= 0.6 is 11.3 Å². The maximum absolute atomic E-state index is 6.14. The molecule has 2 N–H and O–H groups in total. The second-order valence-corrected chi connectivity index (χ2v) is 5.82. The van der Waals surface area contributed by atoms with Crippen molar-refractivity contribution in [1.82, 2.24) is 9.78 Å². The van der Waals surface area contributed by atoms with Crippen LogP contribution in [0.5, 0.6) is 0 Å². The van der Waals surface area contributed by atoms with Gasteiger partial charge in [-0.3, -0.25) is 4.68 Å². The van der Waals surface area contributed by atoms with E-state index in [1.165, 1.54) is 16.9 Å². The zero-order valence-electron chi connectivity index (χ0n) is 10.9. The first kappa shape index (κ1) is 13.3. The highest BCUT2D eigenvalue weighted by Crippen LogP contribution is 2.13. The van der Waals surface area contributed by atoms with Crippen LogP contribution in [0.25, 0.3) is 0 Å². The van der Waals surface area contributed by atoms with Crippen molar-refractivity contribution in [2.45, 2.75) is 38.1 Å². The Bertz CT molecular complexity index is 447. The smallest absolute Gasteiger partial charge is 0.0521 e. The molecular formula is C14H21N3S. The van der Waals surface area contributed by atoms with Crippen LogP contribution in [0.4, 0.5) is 0 Å². The summed E-state index contributed by atoms with van der Waals surface area (Å²) in [4.78, 5) is 1.47. The monoisotopic (exact) mass is 263 g/mol. The normalized spacial score (nSPS) is 12.8. The van der Waals surface area contributed by atoms with E-state index < -0.39 is 0 Å². The number of aromatic nitrogens is 2. The Balaban J connectivity index is 1.61. The van der Waals surface area contributed by atoms with Crippen molar-refractivity contribution in [2.24, 2.45) is 12.8 Å². The molecule has 18 heavy (non-hydrogen) atoms. The standard InChI is InChI=1S/C14H21N3S/c1-17-11-12(10-16-17)7-8-13(15)4-2-5-14-6-3-9-18-14/h3,6,9-11,13H,2,4-5,7-8,15H2,1H3. The molecule has 0 aromatic carbocycles. The third-order valence-electron chi connectivity index (χ3n) is 3.14. The van der Waals surface area contributed by atoms with Crippen molar-refractivity contribution in [1.29, 1.82) is 0 Å². The van der Waals surface area contributed by atoms with E-state index in [0.717, 1.165) is 25.7 Å². The molecule has 0 bridgehead atoms. The second-order valence-electron chi connectivity index (χ2n) is 4.79. The van der Waals surface area contributed by atoms with E-state index in [0.29, 0.717) is 6.04 Å². The summed E-state index contributed by atoms with van der Waals surface area (Å²) in [6.45, 7) is 0. The van der Waals surface area contributed by atoms with Gasteiger partial charge in [-0.15, -0.1) is 11.3 Å². The summed E-state index contributed by atoms with van der Waals surface area (Å²) in [6, 6.07) is 4.62. The first-order valence-electron chi connectivity index (χ1n) is 6.49. The van der Waals surface area contributed by atoms with Crippen molar-refractivity contribution in [2.75, 3.05) is 0 Å². The molecular weight excluding hydrogens is 242 g/mol. The van der Waals surface area contributed by atoms with Gasteiger partial charge in [0.05, 0.1) is 6.20 Å². The third-order valence-corrected chi connectivity index (χ3v) is 4.08. The van der Waals surface area contributed by atoms with Crippen molar-refractivity contribution in [3.63, 3.8) is 0 Å². The van der Waals surface area contributed by atoms with Gasteiger partial charge in [0.15, 0.2) is 0 Å². The highest BCUT2D eigenvalue weighted by molar-refractivity contribution is 7.09. The number of thiophene rings is 1. The van der Waals surface area contributed by atoms with E-state index in [1.54, 1.807) is 0 Å². The van der Waals surface area contributed by atoms with Gasteiger partial charge in [0, 0.05) is 24.2 Å². The van der Waals surface area contributed by atoms with Crippen molar-refractivity contribution >= 4 is 11.3 Å². The van der Waals surface area contributed by atoms with Crippen molar-refractivity contribution in [3.05, 3.63) is 40.3 Å². The number of hydrogen-bond acceptors (Lipinski definition) is 3. The van der Waals surface area contributed by atoms with Gasteiger partial charge in [-0.05, 0) is 49.1 Å². The Hall–Kier alpha value is -1.13. The highest BCUT2D eigenvalue weighted by Gasteiger charge is 2.05. The van der Waals surface area contributed by atoms with E-state index in [-0.39, 0.29) is 0 Å². The molecule has 0 saturated carbocycles. The number of hydrogen-bond donors (Lipinski definition) is 1. The maximum Gasteiger partial charge on any atom is 0.0521 e. The zero-order valence-corrected chi connectivity index (χ0v) is 11.7. The molecule has 0 fully saturated rings. The number of aryl methyl sites for hydroxylation is 3. The molecule has 0 spiro atoms. The predicted molar refractivity (Wildman–Crippen MR) is 76.8 cm³/mol. The Kier molecular flexibility index (Phi) is 4.96. The lowest BCUT2D eigenvalue weighted by Crippen LogP contribution is -2.20. The van der Waals surface area contributed by atoms with Crippen LogP contribution in [0.1, 0.15) is 29.7 Å². The Morgan fingerprint density at radius 1 is 1.39 bits per heavy atom. The lowest BCUT2D eigenvalue weighted by Gasteiger charge is -2.10. The van der Waals surface area contributed by atoms with Crippen LogP contribution in [-0.4, -0.2) is 15.8 Å². The lowest BCUT2D eigenvalue weighted by molar-refractivity contribution is 0.547. The minimum absolute atomic E-state index is 0.310. The van der Waals surface area contributed by atoms with Gasteiger partial charge in [0.25, 0.3) is 0 Å². The molecule has 0 amide bonds. The topological polar surface area (TPSA) is 43.8 Å². The number of nitrogens with two attached hydrogens (primary N) is 1. The van der Waals surface area contributed by atoms with E-state index >= 15 is 0 Å². The summed E-state index contributed by atoms with van der Waals surface area (Å²) >= 11 is 1.84. The molecule has 0 radical (unpaired) electrons. The summed E-state index contributed by atoms with van der Waals surface area (Å²) in [7, 11) is 1.95. The first-order valence-corrected chi connectivity index (χ1v) is 7.37. The van der Waals surface area contributed by atoms with Crippen LogP contribution < -0.4 is 5.73 Å². The van der Waals surface area contributed by atoms with Crippen LogP contribution in [0.2, 0.25) is 0 Å². The zero-order chi connectivity index (χ0) is 12.8. The fourth-order valence-corrected chi connectivity index (χ4v) is 2.84. The van der Waals surface area contributed by atoms with Crippen LogP contribution in [-0.2, 0) is 19.9 Å². The summed E-state index contributed by atoms with van der Waals surface area (Å²) in [5.74, 6) is 0. The summed E-state index contributed by atoms with van der Waals surface area (Å²) in [5, 5.41) is 6.30. The van der Waals surface area contributed by atoms with Crippen LogP contribution in [0, 0.1) is 0 Å². The fourth-order valence-electron chi connectivity index (χ4n) is 2.09. The van der Waals surface area contributed by atoms with Crippen LogP contribution in [0.15, 0.2) is 29.9 Å². The largest absolute Gasteiger partial charge is 0.328 e. The molecule has 0 aliphatic heterocycles. The molecule has 1 unspecified atom stereocenters. The quantitative estimate of drug-likeness (QED) is 0.834. The van der Waals surface area contributed by atoms with Gasteiger partial charge in [0.1, 0.15) is 0 Å². The SMILES string of the molecule is Cn1cc(CCC(N)CCCc2cccs2)cn1. The molecule has 2 rings (SSSR count). The van der Waals surface area contributed by atoms with Gasteiger partial charge in [-0.2, -0.15) is 5.10 Å². The van der Waals surface area contributed by atoms with Gasteiger partial charge in [-0.1, -0.05) is 6.07 Å². The maximum atomic E-state index is 6.14. The van der Waals surface area contributed by atoms with E-state index in [2.05, 4.69) is 28.8 Å². The Labute approximate surface area is 113 Å². The molecule has 0 saturated heterocycles. The van der Waals surface area contributed by atoms with Gasteiger partial charge < -0.3 is 5.73 Å². The Morgan fingerprint density at radius 2 is 2.28 bits per heavy atom. The van der Waals surface area contributed by atoms with E-state index in [4.69, 9.17) is 5.73 Å². The summed E-state index contributed by atoms with van der Waals surface area (Å²) < 4.78 is 1.84. The Morgan fingerprint density at radius 3 is 2.94 bits per heavy atom. The molecule has 2 aromatic rings. The average Bonchev–Trinajstić information content (AvgIpc) is 2.98. The molecule has 0 aliphatic carbocycles. The van der Waals surface area contributed by atoms with Crippen molar-refractivity contribution in [3.8, 4) is 0 Å². The molecule has 98 valence electrons. The van der Waals surface area contributed by atoms with Gasteiger partial charge >= 0.3 is 0 Å². The molecule has 2 heterocycles. The third kappa shape index (κ3) is 4.27. The van der Waals surface area contributed by atoms with E-state index in [1.807, 2.05) is 29.3 Å². The number of nitrogens with zero attached hydrogens (tertiary/aromatic N) is 2. The van der Waals surface area contributed by atoms with Crippen LogP contribution in [0.3, 0.4) is 0 Å². The molecule has 4 heteroatoms. The van der Waals surface area contributed by atoms with Gasteiger partial charge in [0.2, 0.25) is 0 Å². The summed E-state index contributed by atoms with van der Waals surface area (Å²) in [5.41, 5.74) is 7.43. The van der Waals surface area contributed by atoms with Gasteiger partial charge in [-0.25, -0.2) is 0 Å². The second kappa shape index (κ2) is 6.71. The van der Waals surface area contributed by atoms with Crippen molar-refractivity contribution < 1.29 is 0 Å². The molecule has 2 aromatic heterocycles. The fraction of sp³-hybridized carbons (Fsp3) is 0.500. The molecule has 1 atom stereocenters. The minimum atomic E-state index is 0.310. The molecule has 3 nitrogen and oxygen atoms in total. The number of rotatable bonds is 7. The van der Waals surface area contributed by atoms with E-state index in [9.17, 15) is 0 Å². The minimum Gasteiger partial charge on any atom is -0.328 e. The average molecular weight is 263 g/mol. The lowest BCUT2D eigenvalue weighted by atomic mass is 10.0. The highest BCUT2D eigenvalue weighted by atomic mass is 32.1. The predicted octanol–water partition coefficient (Wildman–Crippen LogP) is 2.76. The molecule has 0 aliphatic rings. The summed E-state index contributed by atoms with van der Waals surface area (Å²) in [6.07, 6.45) is 9.55.